The molecule has 92 valence electrons. The number of aromatic nitrogens is 1. The van der Waals surface area contributed by atoms with E-state index in [0.29, 0.717) is 11.6 Å². The lowest BCUT2D eigenvalue weighted by atomic mass is 9.82. The zero-order chi connectivity index (χ0) is 12.8. The zero-order valence-electron chi connectivity index (χ0n) is 10.2. The first-order valence-corrected chi connectivity index (χ1v) is 6.27. The van der Waals surface area contributed by atoms with Gasteiger partial charge in [-0.1, -0.05) is 35.5 Å². The molecule has 0 bridgehead atoms. The quantitative estimate of drug-likeness (QED) is 0.555. The second-order valence-corrected chi connectivity index (χ2v) is 4.78. The van der Waals surface area contributed by atoms with Gasteiger partial charge in [0.1, 0.15) is 5.71 Å². The van der Waals surface area contributed by atoms with Crippen LogP contribution in [0.15, 0.2) is 77.2 Å². The van der Waals surface area contributed by atoms with E-state index in [1.807, 2.05) is 18.2 Å². The molecule has 0 amide bonds. The molecule has 2 aliphatic carbocycles. The smallest absolute Gasteiger partial charge is 0.104 e. The van der Waals surface area contributed by atoms with Crippen molar-refractivity contribution >= 4 is 11.4 Å². The van der Waals surface area contributed by atoms with Crippen molar-refractivity contribution in [2.24, 2.45) is 5.16 Å². The van der Waals surface area contributed by atoms with Crippen LogP contribution in [0.4, 0.5) is 0 Å². The standard InChI is InChI=1S/C16H12N2O/c19-17-11-7-8-14-12-4-1-2-5-13(12)15-6-3-9-18(15)16(14)10-11/h1-10,13,19H. The Bertz CT molecular complexity index is 739. The molecule has 4 rings (SSSR count). The Kier molecular flexibility index (Phi) is 2.03. The number of rotatable bonds is 0. The first-order valence-electron chi connectivity index (χ1n) is 6.27. The molecular weight excluding hydrogens is 236 g/mol. The van der Waals surface area contributed by atoms with Gasteiger partial charge in [0, 0.05) is 23.4 Å². The molecule has 0 spiro atoms. The highest BCUT2D eigenvalue weighted by atomic mass is 16.4. The molecule has 1 aliphatic heterocycles. The van der Waals surface area contributed by atoms with Crippen LogP contribution in [-0.2, 0) is 0 Å². The van der Waals surface area contributed by atoms with Crippen molar-refractivity contribution in [3.8, 4) is 0 Å². The second-order valence-electron chi connectivity index (χ2n) is 4.78. The van der Waals surface area contributed by atoms with E-state index in [1.54, 1.807) is 0 Å². The fourth-order valence-corrected chi connectivity index (χ4v) is 2.95. The first kappa shape index (κ1) is 10.4. The summed E-state index contributed by atoms with van der Waals surface area (Å²) in [6.45, 7) is 0. The fourth-order valence-electron chi connectivity index (χ4n) is 2.95. The van der Waals surface area contributed by atoms with Gasteiger partial charge in [0.25, 0.3) is 0 Å². The number of nitrogens with zero attached hydrogens (tertiary/aromatic N) is 2. The topological polar surface area (TPSA) is 37.5 Å². The molecule has 0 radical (unpaired) electrons. The monoisotopic (exact) mass is 248 g/mol. The molecule has 0 fully saturated rings. The van der Waals surface area contributed by atoms with Crippen LogP contribution in [0.2, 0.25) is 0 Å². The number of oxime groups is 1. The first-order chi connectivity index (χ1) is 9.38. The zero-order valence-corrected chi connectivity index (χ0v) is 10.2. The predicted octanol–water partition coefficient (Wildman–Crippen LogP) is 3.25. The minimum absolute atomic E-state index is 0.310. The van der Waals surface area contributed by atoms with Crippen LogP contribution in [-0.4, -0.2) is 15.5 Å². The summed E-state index contributed by atoms with van der Waals surface area (Å²) in [5.74, 6) is 0.310. The summed E-state index contributed by atoms with van der Waals surface area (Å²) in [7, 11) is 0. The predicted molar refractivity (Wildman–Crippen MR) is 75.1 cm³/mol. The third kappa shape index (κ3) is 1.35. The Labute approximate surface area is 110 Å². The molecular formula is C16H12N2O. The van der Waals surface area contributed by atoms with E-state index in [2.05, 4.69) is 52.4 Å². The van der Waals surface area contributed by atoms with Crippen molar-refractivity contribution in [1.82, 2.24) is 4.57 Å². The molecule has 1 N–H and O–H groups in total. The largest absolute Gasteiger partial charge is 0.410 e. The van der Waals surface area contributed by atoms with E-state index in [0.717, 1.165) is 5.70 Å². The van der Waals surface area contributed by atoms with E-state index in [4.69, 9.17) is 5.21 Å². The van der Waals surface area contributed by atoms with Crippen LogP contribution in [0.5, 0.6) is 0 Å². The van der Waals surface area contributed by atoms with Gasteiger partial charge in [0.05, 0.1) is 5.70 Å². The Balaban J connectivity index is 2.02. The van der Waals surface area contributed by atoms with Gasteiger partial charge in [-0.2, -0.15) is 0 Å². The maximum atomic E-state index is 8.95. The highest BCUT2D eigenvalue weighted by molar-refractivity contribution is 6.11. The molecule has 19 heavy (non-hydrogen) atoms. The fraction of sp³-hybridized carbons (Fsp3) is 0.0625. The molecule has 2 heterocycles. The normalized spacial score (nSPS) is 25.2. The lowest BCUT2D eigenvalue weighted by Gasteiger charge is -2.31. The van der Waals surface area contributed by atoms with E-state index in [9.17, 15) is 0 Å². The summed E-state index contributed by atoms with van der Waals surface area (Å²) in [4.78, 5) is 0. The summed E-state index contributed by atoms with van der Waals surface area (Å²) in [5.41, 5.74) is 5.39. The second kappa shape index (κ2) is 3.72. The van der Waals surface area contributed by atoms with E-state index in [1.165, 1.54) is 16.8 Å². The van der Waals surface area contributed by atoms with E-state index < -0.39 is 0 Å². The van der Waals surface area contributed by atoms with Crippen molar-refractivity contribution in [2.75, 3.05) is 0 Å². The number of fused-ring (bicyclic) bond motifs is 5. The average Bonchev–Trinajstić information content (AvgIpc) is 2.97. The minimum atomic E-state index is 0.310. The lowest BCUT2D eigenvalue weighted by molar-refractivity contribution is 0.320. The number of allylic oxidation sites excluding steroid dienone is 10. The SMILES string of the molecule is ON=C1C=CC2=C3C=CC=CC3c3cccn3C2=C1. The molecule has 3 aliphatic rings. The van der Waals surface area contributed by atoms with Gasteiger partial charge in [-0.15, -0.1) is 0 Å². The highest BCUT2D eigenvalue weighted by Gasteiger charge is 2.29. The van der Waals surface area contributed by atoms with E-state index in [-0.39, 0.29) is 0 Å². The van der Waals surface area contributed by atoms with E-state index >= 15 is 0 Å². The van der Waals surface area contributed by atoms with Gasteiger partial charge in [0.15, 0.2) is 0 Å². The third-order valence-corrected chi connectivity index (χ3v) is 3.79. The molecule has 1 unspecified atom stereocenters. The van der Waals surface area contributed by atoms with Crippen molar-refractivity contribution in [2.45, 2.75) is 5.92 Å². The van der Waals surface area contributed by atoms with Crippen molar-refractivity contribution < 1.29 is 5.21 Å². The maximum Gasteiger partial charge on any atom is 0.104 e. The van der Waals surface area contributed by atoms with Crippen LogP contribution in [0, 0.1) is 0 Å². The lowest BCUT2D eigenvalue weighted by Crippen LogP contribution is -2.19. The summed E-state index contributed by atoms with van der Waals surface area (Å²) < 4.78 is 2.17. The summed E-state index contributed by atoms with van der Waals surface area (Å²) >= 11 is 0. The van der Waals surface area contributed by atoms with Crippen molar-refractivity contribution in [1.29, 1.82) is 0 Å². The summed E-state index contributed by atoms with van der Waals surface area (Å²) in [6.07, 6.45) is 16.4. The molecule has 0 saturated carbocycles. The Morgan fingerprint density at radius 2 is 2.11 bits per heavy atom. The molecule has 3 nitrogen and oxygen atoms in total. The maximum absolute atomic E-state index is 8.95. The molecule has 1 atom stereocenters. The van der Waals surface area contributed by atoms with Crippen LogP contribution >= 0.6 is 0 Å². The average molecular weight is 248 g/mol. The molecule has 0 saturated heterocycles. The third-order valence-electron chi connectivity index (χ3n) is 3.79. The van der Waals surface area contributed by atoms with Crippen LogP contribution in [0.3, 0.4) is 0 Å². The Hall–Kier alpha value is -2.55. The van der Waals surface area contributed by atoms with Gasteiger partial charge in [-0.25, -0.2) is 0 Å². The summed E-state index contributed by atoms with van der Waals surface area (Å²) in [5, 5.41) is 12.2. The van der Waals surface area contributed by atoms with Gasteiger partial charge in [0.2, 0.25) is 0 Å². The van der Waals surface area contributed by atoms with Crippen LogP contribution in [0.25, 0.3) is 5.70 Å². The number of hydrogen-bond acceptors (Lipinski definition) is 2. The van der Waals surface area contributed by atoms with Gasteiger partial charge in [-0.3, -0.25) is 0 Å². The van der Waals surface area contributed by atoms with Gasteiger partial charge >= 0.3 is 0 Å². The highest BCUT2D eigenvalue weighted by Crippen LogP contribution is 2.42. The van der Waals surface area contributed by atoms with Crippen LogP contribution in [0.1, 0.15) is 11.6 Å². The molecule has 3 heteroatoms. The minimum Gasteiger partial charge on any atom is -0.410 e. The number of hydrogen-bond donors (Lipinski definition) is 1. The van der Waals surface area contributed by atoms with Gasteiger partial charge < -0.3 is 9.77 Å². The summed E-state index contributed by atoms with van der Waals surface area (Å²) in [6, 6.07) is 4.19. The Morgan fingerprint density at radius 3 is 3.00 bits per heavy atom. The van der Waals surface area contributed by atoms with Crippen LogP contribution < -0.4 is 0 Å². The van der Waals surface area contributed by atoms with Crippen molar-refractivity contribution in [3.05, 3.63) is 77.7 Å². The Morgan fingerprint density at radius 1 is 1.16 bits per heavy atom. The van der Waals surface area contributed by atoms with Crippen molar-refractivity contribution in [3.63, 3.8) is 0 Å². The molecule has 0 aromatic carbocycles. The molecule has 1 aromatic rings. The molecule has 1 aromatic heterocycles. The van der Waals surface area contributed by atoms with Gasteiger partial charge in [-0.05, 0) is 29.9 Å².